The summed E-state index contributed by atoms with van der Waals surface area (Å²) in [5, 5.41) is 5.14. The first kappa shape index (κ1) is 33.7. The highest BCUT2D eigenvalue weighted by Gasteiger charge is 2.23. The molecule has 3 aromatic heterocycles. The molecule has 0 unspecified atom stereocenters. The van der Waals surface area contributed by atoms with Crippen molar-refractivity contribution in [2.75, 3.05) is 0 Å². The molecule has 0 fully saturated rings. The second-order valence-electron chi connectivity index (χ2n) is 14.1. The molecular weight excluding hydrogens is 699 g/mol. The normalized spacial score (nSPS) is 11.7. The van der Waals surface area contributed by atoms with Crippen LogP contribution in [0.1, 0.15) is 18.4 Å². The SMILES string of the molecule is C=CCC/C=C/c1cc(-c2nc(-c3ccccc3)cc(-c3ccccc3)n2)cc(-c2ccccc2)c1-n1c2ccccc2c2c3sc4ccccc4c3ccc21. The fourth-order valence-electron chi connectivity index (χ4n) is 7.99. The maximum atomic E-state index is 5.28. The van der Waals surface area contributed by atoms with E-state index in [0.717, 1.165) is 63.3 Å². The van der Waals surface area contributed by atoms with Crippen molar-refractivity contribution in [1.29, 1.82) is 0 Å². The van der Waals surface area contributed by atoms with Crippen molar-refractivity contribution in [3.8, 4) is 50.7 Å². The van der Waals surface area contributed by atoms with Gasteiger partial charge in [0.2, 0.25) is 0 Å². The Balaban J connectivity index is 1.30. The second kappa shape index (κ2) is 14.4. The Kier molecular flexibility index (Phi) is 8.66. The molecule has 266 valence electrons. The summed E-state index contributed by atoms with van der Waals surface area (Å²) < 4.78 is 5.11. The van der Waals surface area contributed by atoms with Crippen molar-refractivity contribution in [2.24, 2.45) is 0 Å². The van der Waals surface area contributed by atoms with E-state index in [-0.39, 0.29) is 0 Å². The lowest BCUT2D eigenvalue weighted by atomic mass is 9.95. The molecule has 0 aliphatic rings. The van der Waals surface area contributed by atoms with Gasteiger partial charge in [0, 0.05) is 53.2 Å². The van der Waals surface area contributed by atoms with Gasteiger partial charge in [-0.3, -0.25) is 0 Å². The van der Waals surface area contributed by atoms with Crippen LogP contribution in [0.4, 0.5) is 0 Å². The molecule has 0 aliphatic carbocycles. The predicted molar refractivity (Wildman–Crippen MR) is 239 cm³/mol. The molecule has 10 rings (SSSR count). The van der Waals surface area contributed by atoms with Gasteiger partial charge in [-0.2, -0.15) is 0 Å². The maximum Gasteiger partial charge on any atom is 0.160 e. The van der Waals surface area contributed by atoms with Crippen LogP contribution >= 0.6 is 11.3 Å². The lowest BCUT2D eigenvalue weighted by molar-refractivity contribution is 1.06. The summed E-state index contributed by atoms with van der Waals surface area (Å²) in [5.74, 6) is 0.684. The molecule has 3 nitrogen and oxygen atoms in total. The first-order chi connectivity index (χ1) is 27.7. The lowest BCUT2D eigenvalue weighted by Crippen LogP contribution is -2.03. The molecule has 3 heterocycles. The monoisotopic (exact) mass is 735 g/mol. The Hall–Kier alpha value is -6.88. The third-order valence-corrected chi connectivity index (χ3v) is 11.8. The maximum absolute atomic E-state index is 5.28. The fourth-order valence-corrected chi connectivity index (χ4v) is 9.25. The molecule has 0 N–H and O–H groups in total. The van der Waals surface area contributed by atoms with E-state index in [1.54, 1.807) is 0 Å². The smallest absolute Gasteiger partial charge is 0.160 e. The highest BCUT2D eigenvalue weighted by molar-refractivity contribution is 7.26. The van der Waals surface area contributed by atoms with E-state index in [1.165, 1.54) is 42.0 Å². The summed E-state index contributed by atoms with van der Waals surface area (Å²) in [4.78, 5) is 10.6. The van der Waals surface area contributed by atoms with Crippen LogP contribution in [0.25, 0.3) is 98.8 Å². The number of para-hydroxylation sites is 1. The molecule has 0 radical (unpaired) electrons. The average Bonchev–Trinajstić information content (AvgIpc) is 3.81. The number of fused-ring (bicyclic) bond motifs is 7. The van der Waals surface area contributed by atoms with Crippen LogP contribution in [0.15, 0.2) is 189 Å². The quantitative estimate of drug-likeness (QED) is 0.109. The topological polar surface area (TPSA) is 30.7 Å². The van der Waals surface area contributed by atoms with Gasteiger partial charge in [0.1, 0.15) is 0 Å². The number of hydrogen-bond donors (Lipinski definition) is 0. The third kappa shape index (κ3) is 5.92. The van der Waals surface area contributed by atoms with Gasteiger partial charge in [0.15, 0.2) is 5.82 Å². The highest BCUT2D eigenvalue weighted by Crippen LogP contribution is 2.46. The Labute approximate surface area is 330 Å². The molecule has 0 aliphatic heterocycles. The number of rotatable bonds is 9. The summed E-state index contributed by atoms with van der Waals surface area (Å²) in [5.41, 5.74) is 11.7. The van der Waals surface area contributed by atoms with Gasteiger partial charge in [-0.05, 0) is 60.4 Å². The van der Waals surface area contributed by atoms with Gasteiger partial charge in [-0.25, -0.2) is 9.97 Å². The van der Waals surface area contributed by atoms with Gasteiger partial charge < -0.3 is 4.57 Å². The molecule has 0 atom stereocenters. The van der Waals surface area contributed by atoms with Crippen LogP contribution in [-0.2, 0) is 0 Å². The molecular formula is C52H37N3S. The van der Waals surface area contributed by atoms with Crippen LogP contribution < -0.4 is 0 Å². The molecule has 7 aromatic carbocycles. The van der Waals surface area contributed by atoms with Crippen LogP contribution in [0.5, 0.6) is 0 Å². The minimum absolute atomic E-state index is 0.684. The van der Waals surface area contributed by atoms with Crippen molar-refractivity contribution in [3.05, 3.63) is 194 Å². The van der Waals surface area contributed by atoms with Crippen LogP contribution in [0.3, 0.4) is 0 Å². The number of thiophene rings is 1. The highest BCUT2D eigenvalue weighted by atomic mass is 32.1. The average molecular weight is 736 g/mol. The van der Waals surface area contributed by atoms with Gasteiger partial charge in [0.05, 0.1) is 28.1 Å². The van der Waals surface area contributed by atoms with Crippen molar-refractivity contribution in [2.45, 2.75) is 12.8 Å². The van der Waals surface area contributed by atoms with Gasteiger partial charge >= 0.3 is 0 Å². The molecule has 10 aromatic rings. The number of benzene rings is 7. The largest absolute Gasteiger partial charge is 0.308 e. The van der Waals surface area contributed by atoms with Crippen molar-refractivity contribution in [3.63, 3.8) is 0 Å². The first-order valence-corrected chi connectivity index (χ1v) is 19.9. The Morgan fingerprint density at radius 3 is 1.86 bits per heavy atom. The first-order valence-electron chi connectivity index (χ1n) is 19.1. The number of unbranched alkanes of at least 4 members (excludes halogenated alkanes) is 1. The number of aromatic nitrogens is 3. The minimum atomic E-state index is 0.684. The van der Waals surface area contributed by atoms with Crippen molar-refractivity contribution >= 4 is 59.4 Å². The summed E-state index contributed by atoms with van der Waals surface area (Å²) in [6, 6.07) is 60.5. The number of allylic oxidation sites excluding steroid dienone is 2. The van der Waals surface area contributed by atoms with E-state index in [0.29, 0.717) is 5.82 Å². The van der Waals surface area contributed by atoms with E-state index >= 15 is 0 Å². The number of hydrogen-bond acceptors (Lipinski definition) is 3. The van der Waals surface area contributed by atoms with E-state index < -0.39 is 0 Å². The van der Waals surface area contributed by atoms with Gasteiger partial charge in [-0.15, -0.1) is 17.9 Å². The van der Waals surface area contributed by atoms with E-state index in [9.17, 15) is 0 Å². The zero-order chi connectivity index (χ0) is 37.4. The Morgan fingerprint density at radius 1 is 0.536 bits per heavy atom. The zero-order valence-electron chi connectivity index (χ0n) is 30.8. The summed E-state index contributed by atoms with van der Waals surface area (Å²) >= 11 is 1.88. The molecule has 4 heteroatoms. The molecule has 0 spiro atoms. The van der Waals surface area contributed by atoms with Crippen molar-refractivity contribution < 1.29 is 0 Å². The van der Waals surface area contributed by atoms with Crippen molar-refractivity contribution in [1.82, 2.24) is 14.5 Å². The molecule has 0 amide bonds. The zero-order valence-corrected chi connectivity index (χ0v) is 31.6. The number of nitrogens with zero attached hydrogens (tertiary/aromatic N) is 3. The van der Waals surface area contributed by atoms with Crippen LogP contribution in [-0.4, -0.2) is 14.5 Å². The lowest BCUT2D eigenvalue weighted by Gasteiger charge is -2.19. The fraction of sp³-hybridized carbons (Fsp3) is 0.0385. The summed E-state index contributed by atoms with van der Waals surface area (Å²) in [6.07, 6.45) is 8.33. The van der Waals surface area contributed by atoms with Gasteiger partial charge in [-0.1, -0.05) is 152 Å². The summed E-state index contributed by atoms with van der Waals surface area (Å²) in [6.45, 7) is 3.99. The summed E-state index contributed by atoms with van der Waals surface area (Å²) in [7, 11) is 0. The predicted octanol–water partition coefficient (Wildman–Crippen LogP) is 14.6. The minimum Gasteiger partial charge on any atom is -0.308 e. The van der Waals surface area contributed by atoms with E-state index in [1.807, 2.05) is 29.5 Å². The molecule has 56 heavy (non-hydrogen) atoms. The Bertz CT molecular complexity index is 3030. The molecule has 0 saturated heterocycles. The van der Waals surface area contributed by atoms with E-state index in [4.69, 9.17) is 9.97 Å². The van der Waals surface area contributed by atoms with E-state index in [2.05, 4.69) is 181 Å². The standard InChI is InChI=1S/C52H37N3S/c1-2-3-4-8-25-38-32-39(52-53-44(36-21-11-6-12-22-36)34-45(54-52)37-23-13-7-14-24-37)33-43(35-19-9-5-10-20-35)50(38)55-46-28-17-15-27-42(46)49-47(55)31-30-41-40-26-16-18-29-48(40)56-51(41)49/h2,5-34H,1,3-4H2/b25-8+. The second-order valence-corrected chi connectivity index (χ2v) is 15.1. The third-order valence-electron chi connectivity index (χ3n) is 10.6. The van der Waals surface area contributed by atoms with Gasteiger partial charge in [0.25, 0.3) is 0 Å². The molecule has 0 saturated carbocycles. The Morgan fingerprint density at radius 2 is 1.16 bits per heavy atom. The molecule has 0 bridgehead atoms. The van der Waals surface area contributed by atoms with Crippen LogP contribution in [0, 0.1) is 0 Å². The van der Waals surface area contributed by atoms with Crippen LogP contribution in [0.2, 0.25) is 0 Å².